The van der Waals surface area contributed by atoms with E-state index in [1.54, 1.807) is 11.8 Å². The number of aliphatic imine (C=N–C) groups is 1. The SMILES string of the molecule is O=c1[nH]c(=O)n(Cc2ccccc2)c(O)c1C1=Nc2ccccc2SC(c2ccccc2)C1. The molecule has 0 bridgehead atoms. The zero-order chi connectivity index (χ0) is 22.8. The monoisotopic (exact) mass is 455 g/mol. The van der Waals surface area contributed by atoms with Gasteiger partial charge in [-0.1, -0.05) is 72.8 Å². The highest BCUT2D eigenvalue weighted by molar-refractivity contribution is 7.99. The first-order valence-electron chi connectivity index (χ1n) is 10.6. The summed E-state index contributed by atoms with van der Waals surface area (Å²) in [4.78, 5) is 33.6. The number of aromatic hydroxyl groups is 1. The fourth-order valence-corrected chi connectivity index (χ4v) is 5.19. The maximum Gasteiger partial charge on any atom is 0.331 e. The molecule has 0 saturated carbocycles. The summed E-state index contributed by atoms with van der Waals surface area (Å²) >= 11 is 1.67. The molecule has 6 nitrogen and oxygen atoms in total. The van der Waals surface area contributed by atoms with Crippen LogP contribution in [0.15, 0.2) is 104 Å². The summed E-state index contributed by atoms with van der Waals surface area (Å²) in [7, 11) is 0. The summed E-state index contributed by atoms with van der Waals surface area (Å²) in [6, 6.07) is 27.1. The average molecular weight is 456 g/mol. The minimum atomic E-state index is -0.659. The molecule has 164 valence electrons. The number of benzene rings is 3. The van der Waals surface area contributed by atoms with Crippen molar-refractivity contribution in [3.8, 4) is 5.88 Å². The van der Waals surface area contributed by atoms with Crippen LogP contribution in [0.25, 0.3) is 0 Å². The van der Waals surface area contributed by atoms with E-state index in [0.29, 0.717) is 12.1 Å². The third-order valence-corrected chi connectivity index (χ3v) is 6.91. The fourth-order valence-electron chi connectivity index (χ4n) is 3.95. The van der Waals surface area contributed by atoms with Crippen molar-refractivity contribution in [2.75, 3.05) is 0 Å². The molecule has 1 atom stereocenters. The van der Waals surface area contributed by atoms with Gasteiger partial charge in [-0.15, -0.1) is 11.8 Å². The topological polar surface area (TPSA) is 87.5 Å². The molecule has 2 heterocycles. The van der Waals surface area contributed by atoms with Gasteiger partial charge in [0.25, 0.3) is 5.56 Å². The average Bonchev–Trinajstić information content (AvgIpc) is 3.02. The fraction of sp³-hybridized carbons (Fsp3) is 0.115. The Hall–Kier alpha value is -3.84. The van der Waals surface area contributed by atoms with Crippen LogP contribution in [0.2, 0.25) is 0 Å². The van der Waals surface area contributed by atoms with Crippen molar-refractivity contribution in [1.82, 2.24) is 9.55 Å². The molecule has 0 saturated heterocycles. The van der Waals surface area contributed by atoms with E-state index in [2.05, 4.69) is 4.98 Å². The Morgan fingerprint density at radius 1 is 0.939 bits per heavy atom. The number of hydrogen-bond acceptors (Lipinski definition) is 5. The Morgan fingerprint density at radius 3 is 2.36 bits per heavy atom. The Bertz CT molecular complexity index is 1440. The second-order valence-electron chi connectivity index (χ2n) is 7.78. The molecule has 4 aromatic rings. The third kappa shape index (κ3) is 4.27. The summed E-state index contributed by atoms with van der Waals surface area (Å²) in [5, 5.41) is 11.1. The van der Waals surface area contributed by atoms with Gasteiger partial charge in [-0.25, -0.2) is 4.79 Å². The largest absolute Gasteiger partial charge is 0.494 e. The number of H-pyrrole nitrogens is 1. The number of aromatic nitrogens is 2. The van der Waals surface area contributed by atoms with E-state index in [1.165, 1.54) is 4.57 Å². The first-order valence-corrected chi connectivity index (χ1v) is 11.5. The van der Waals surface area contributed by atoms with Crippen LogP contribution in [-0.4, -0.2) is 20.4 Å². The van der Waals surface area contributed by atoms with Crippen LogP contribution in [0, 0.1) is 0 Å². The van der Waals surface area contributed by atoms with Crippen LogP contribution < -0.4 is 11.2 Å². The summed E-state index contributed by atoms with van der Waals surface area (Å²) in [5.41, 5.74) is 1.84. The number of para-hydroxylation sites is 1. The van der Waals surface area contributed by atoms with Gasteiger partial charge in [0, 0.05) is 16.6 Å². The number of fused-ring (bicyclic) bond motifs is 1. The van der Waals surface area contributed by atoms with Crippen molar-refractivity contribution >= 4 is 23.2 Å². The van der Waals surface area contributed by atoms with Gasteiger partial charge >= 0.3 is 5.69 Å². The lowest BCUT2D eigenvalue weighted by Gasteiger charge is -2.17. The molecule has 0 spiro atoms. The molecule has 1 aromatic heterocycles. The van der Waals surface area contributed by atoms with Gasteiger partial charge in [-0.2, -0.15) is 0 Å². The van der Waals surface area contributed by atoms with Crippen molar-refractivity contribution in [2.24, 2.45) is 4.99 Å². The number of nitrogens with zero attached hydrogens (tertiary/aromatic N) is 2. The molecule has 1 unspecified atom stereocenters. The van der Waals surface area contributed by atoms with E-state index in [9.17, 15) is 14.7 Å². The zero-order valence-corrected chi connectivity index (χ0v) is 18.5. The third-order valence-electron chi connectivity index (χ3n) is 5.58. The van der Waals surface area contributed by atoms with Gasteiger partial charge in [-0.05, 0) is 23.3 Å². The van der Waals surface area contributed by atoms with Crippen molar-refractivity contribution in [2.45, 2.75) is 23.1 Å². The molecule has 2 N–H and O–H groups in total. The normalized spacial score (nSPS) is 15.4. The molecule has 1 aliphatic heterocycles. The van der Waals surface area contributed by atoms with Crippen LogP contribution in [0.3, 0.4) is 0 Å². The summed E-state index contributed by atoms with van der Waals surface area (Å²) in [6.45, 7) is 0.135. The smallest absolute Gasteiger partial charge is 0.331 e. The summed E-state index contributed by atoms with van der Waals surface area (Å²) in [6.07, 6.45) is 0.420. The lowest BCUT2D eigenvalue weighted by molar-refractivity contribution is 0.408. The van der Waals surface area contributed by atoms with Crippen molar-refractivity contribution in [1.29, 1.82) is 0 Å². The van der Waals surface area contributed by atoms with E-state index in [1.807, 2.05) is 84.9 Å². The molecule has 0 radical (unpaired) electrons. The molecular formula is C26H21N3O3S. The second-order valence-corrected chi connectivity index (χ2v) is 9.02. The van der Waals surface area contributed by atoms with E-state index in [-0.39, 0.29) is 23.2 Å². The van der Waals surface area contributed by atoms with Crippen LogP contribution in [-0.2, 0) is 6.54 Å². The standard InChI is InChI=1S/C26H21N3O3S/c30-24-23(25(31)29(26(32)28-24)16-17-9-3-1-4-10-17)20-15-22(18-11-5-2-6-12-18)33-21-14-8-7-13-19(21)27-20/h1-14,22,31H,15-16H2,(H,28,30,32). The van der Waals surface area contributed by atoms with Crippen LogP contribution in [0.4, 0.5) is 5.69 Å². The van der Waals surface area contributed by atoms with Crippen LogP contribution in [0.5, 0.6) is 5.88 Å². The Labute approximate surface area is 194 Å². The Morgan fingerprint density at radius 2 is 1.61 bits per heavy atom. The number of thioether (sulfide) groups is 1. The van der Waals surface area contributed by atoms with Crippen LogP contribution in [0.1, 0.15) is 28.4 Å². The number of hydrogen-bond donors (Lipinski definition) is 2. The minimum Gasteiger partial charge on any atom is -0.494 e. The van der Waals surface area contributed by atoms with E-state index < -0.39 is 11.2 Å². The molecule has 0 fully saturated rings. The molecule has 1 aliphatic rings. The lowest BCUT2D eigenvalue weighted by Crippen LogP contribution is -2.34. The van der Waals surface area contributed by atoms with Crippen LogP contribution >= 0.6 is 11.8 Å². The van der Waals surface area contributed by atoms with Gasteiger partial charge in [0.1, 0.15) is 5.56 Å². The summed E-state index contributed by atoms with van der Waals surface area (Å²) in [5.74, 6) is -0.373. The molecule has 7 heteroatoms. The van der Waals surface area contributed by atoms with E-state index in [0.717, 1.165) is 21.7 Å². The van der Waals surface area contributed by atoms with Crippen molar-refractivity contribution in [3.63, 3.8) is 0 Å². The Kier molecular flexibility index (Phi) is 5.71. The van der Waals surface area contributed by atoms with Gasteiger partial charge < -0.3 is 5.11 Å². The van der Waals surface area contributed by atoms with Gasteiger partial charge in [-0.3, -0.25) is 19.3 Å². The quantitative estimate of drug-likeness (QED) is 0.469. The highest BCUT2D eigenvalue weighted by Gasteiger charge is 2.27. The lowest BCUT2D eigenvalue weighted by atomic mass is 10.0. The predicted molar refractivity (Wildman–Crippen MR) is 131 cm³/mol. The minimum absolute atomic E-state index is 0.0121. The highest BCUT2D eigenvalue weighted by atomic mass is 32.2. The molecule has 0 amide bonds. The molecule has 0 aliphatic carbocycles. The number of nitrogens with one attached hydrogen (secondary N) is 1. The molecule has 3 aromatic carbocycles. The molecular weight excluding hydrogens is 434 g/mol. The molecule has 33 heavy (non-hydrogen) atoms. The number of aromatic amines is 1. The zero-order valence-electron chi connectivity index (χ0n) is 17.6. The maximum absolute atomic E-state index is 12.9. The first kappa shape index (κ1) is 21.0. The van der Waals surface area contributed by atoms with Gasteiger partial charge in [0.05, 0.1) is 17.9 Å². The van der Waals surface area contributed by atoms with Gasteiger partial charge in [0.2, 0.25) is 5.88 Å². The van der Waals surface area contributed by atoms with E-state index in [4.69, 9.17) is 4.99 Å². The molecule has 5 rings (SSSR count). The van der Waals surface area contributed by atoms with Crippen molar-refractivity contribution in [3.05, 3.63) is 122 Å². The first-order chi connectivity index (χ1) is 16.1. The number of rotatable bonds is 4. The Balaban J connectivity index is 1.65. The highest BCUT2D eigenvalue weighted by Crippen LogP contribution is 2.45. The van der Waals surface area contributed by atoms with Crippen molar-refractivity contribution < 1.29 is 5.11 Å². The maximum atomic E-state index is 12.9. The second kappa shape index (κ2) is 8.96. The summed E-state index contributed by atoms with van der Waals surface area (Å²) < 4.78 is 1.18. The van der Waals surface area contributed by atoms with Gasteiger partial charge in [0.15, 0.2) is 0 Å². The van der Waals surface area contributed by atoms with E-state index >= 15 is 0 Å². The predicted octanol–water partition coefficient (Wildman–Crippen LogP) is 4.65.